The molecule has 0 aromatic rings. The van der Waals surface area contributed by atoms with E-state index in [2.05, 4.69) is 20.8 Å². The number of carbonyl (C=O) groups excluding carboxylic acids is 1. The molecular weight excluding hydrogens is 136 g/mol. The predicted molar refractivity (Wildman–Crippen MR) is 48.5 cm³/mol. The van der Waals surface area contributed by atoms with Crippen molar-refractivity contribution in [1.29, 1.82) is 0 Å². The van der Waals surface area contributed by atoms with Crippen molar-refractivity contribution in [2.45, 2.75) is 47.0 Å². The molecule has 0 radical (unpaired) electrons. The van der Waals surface area contributed by atoms with E-state index in [0.717, 1.165) is 12.8 Å². The molecule has 0 bridgehead atoms. The fraction of sp³-hybridized carbons (Fsp3) is 0.900. The van der Waals surface area contributed by atoms with Gasteiger partial charge in [-0.25, -0.2) is 0 Å². The van der Waals surface area contributed by atoms with Gasteiger partial charge in [-0.2, -0.15) is 0 Å². The van der Waals surface area contributed by atoms with Crippen molar-refractivity contribution in [3.05, 3.63) is 0 Å². The van der Waals surface area contributed by atoms with E-state index in [1.807, 2.05) is 6.92 Å². The second-order valence-corrected chi connectivity index (χ2v) is 3.46. The molecule has 1 atom stereocenters. The second kappa shape index (κ2) is 5.34. The molecular formula is C10H20O. The first-order valence-electron chi connectivity index (χ1n) is 4.66. The Kier molecular flexibility index (Phi) is 5.18. The van der Waals surface area contributed by atoms with Gasteiger partial charge in [0.15, 0.2) is 0 Å². The third-order valence-corrected chi connectivity index (χ3v) is 2.17. The van der Waals surface area contributed by atoms with Gasteiger partial charge in [-0.1, -0.05) is 34.1 Å². The van der Waals surface area contributed by atoms with Crippen LogP contribution in [-0.2, 0) is 4.79 Å². The van der Waals surface area contributed by atoms with E-state index < -0.39 is 0 Å². The van der Waals surface area contributed by atoms with Crippen LogP contribution >= 0.6 is 0 Å². The second-order valence-electron chi connectivity index (χ2n) is 3.46. The Morgan fingerprint density at radius 1 is 1.27 bits per heavy atom. The molecule has 1 nitrogen and oxygen atoms in total. The molecule has 0 aromatic carbocycles. The van der Waals surface area contributed by atoms with Crippen LogP contribution in [0, 0.1) is 11.8 Å². The fourth-order valence-electron chi connectivity index (χ4n) is 1.44. The molecule has 66 valence electrons. The van der Waals surface area contributed by atoms with E-state index in [1.165, 1.54) is 0 Å². The van der Waals surface area contributed by atoms with Crippen molar-refractivity contribution in [2.75, 3.05) is 0 Å². The van der Waals surface area contributed by atoms with Crippen LogP contribution in [0.15, 0.2) is 0 Å². The highest BCUT2D eigenvalue weighted by Gasteiger charge is 2.18. The summed E-state index contributed by atoms with van der Waals surface area (Å²) in [6.07, 6.45) is 2.88. The Labute approximate surface area is 70.2 Å². The van der Waals surface area contributed by atoms with Crippen LogP contribution in [0.1, 0.15) is 47.0 Å². The topological polar surface area (TPSA) is 17.1 Å². The van der Waals surface area contributed by atoms with E-state index in [1.54, 1.807) is 0 Å². The zero-order chi connectivity index (χ0) is 8.85. The Morgan fingerprint density at radius 3 is 2.09 bits per heavy atom. The van der Waals surface area contributed by atoms with Gasteiger partial charge in [-0.3, -0.25) is 4.79 Å². The summed E-state index contributed by atoms with van der Waals surface area (Å²) in [6, 6.07) is 0. The van der Waals surface area contributed by atoms with Crippen LogP contribution in [0.2, 0.25) is 0 Å². The minimum absolute atomic E-state index is 0.310. The van der Waals surface area contributed by atoms with Gasteiger partial charge < -0.3 is 0 Å². The molecule has 0 aliphatic rings. The lowest BCUT2D eigenvalue weighted by Gasteiger charge is -2.17. The van der Waals surface area contributed by atoms with Crippen LogP contribution in [-0.4, -0.2) is 5.78 Å². The first-order chi connectivity index (χ1) is 5.13. The molecule has 0 saturated heterocycles. The molecule has 0 unspecified atom stereocenters. The van der Waals surface area contributed by atoms with Crippen molar-refractivity contribution >= 4 is 5.78 Å². The SMILES string of the molecule is CCC[C@@H](C(=O)CC)C(C)C. The Morgan fingerprint density at radius 2 is 1.82 bits per heavy atom. The van der Waals surface area contributed by atoms with E-state index in [-0.39, 0.29) is 0 Å². The van der Waals surface area contributed by atoms with Crippen molar-refractivity contribution in [1.82, 2.24) is 0 Å². The van der Waals surface area contributed by atoms with Crippen molar-refractivity contribution < 1.29 is 4.79 Å². The van der Waals surface area contributed by atoms with Crippen molar-refractivity contribution in [3.8, 4) is 0 Å². The fourth-order valence-corrected chi connectivity index (χ4v) is 1.44. The summed E-state index contributed by atoms with van der Waals surface area (Å²) in [5.74, 6) is 1.26. The standard InChI is InChI=1S/C10H20O/c1-5-7-9(8(3)4)10(11)6-2/h8-9H,5-7H2,1-4H3/t9-/m1/s1. The monoisotopic (exact) mass is 156 g/mol. The number of carbonyl (C=O) groups is 1. The van der Waals surface area contributed by atoms with Gasteiger partial charge in [-0.05, 0) is 12.3 Å². The minimum atomic E-state index is 0.310. The lowest BCUT2D eigenvalue weighted by molar-refractivity contribution is -0.124. The number of rotatable bonds is 5. The normalized spacial score (nSPS) is 13.5. The van der Waals surface area contributed by atoms with Gasteiger partial charge in [0.25, 0.3) is 0 Å². The van der Waals surface area contributed by atoms with Gasteiger partial charge in [0.2, 0.25) is 0 Å². The summed E-state index contributed by atoms with van der Waals surface area (Å²) in [4.78, 5) is 11.3. The zero-order valence-corrected chi connectivity index (χ0v) is 8.18. The highest BCUT2D eigenvalue weighted by atomic mass is 16.1. The molecule has 0 amide bonds. The lowest BCUT2D eigenvalue weighted by atomic mass is 9.87. The van der Waals surface area contributed by atoms with Crippen LogP contribution in [0.5, 0.6) is 0 Å². The molecule has 1 heteroatoms. The van der Waals surface area contributed by atoms with Crippen LogP contribution in [0.4, 0.5) is 0 Å². The van der Waals surface area contributed by atoms with Crippen LogP contribution in [0.25, 0.3) is 0 Å². The van der Waals surface area contributed by atoms with Gasteiger partial charge in [0, 0.05) is 12.3 Å². The molecule has 0 fully saturated rings. The van der Waals surface area contributed by atoms with E-state index in [0.29, 0.717) is 24.0 Å². The molecule has 0 aromatic heterocycles. The Hall–Kier alpha value is -0.330. The summed E-state index contributed by atoms with van der Waals surface area (Å²) in [6.45, 7) is 8.35. The average molecular weight is 156 g/mol. The molecule has 0 rings (SSSR count). The highest BCUT2D eigenvalue weighted by molar-refractivity contribution is 5.80. The predicted octanol–water partition coefficient (Wildman–Crippen LogP) is 3.04. The summed E-state index contributed by atoms with van der Waals surface area (Å²) in [5.41, 5.74) is 0. The summed E-state index contributed by atoms with van der Waals surface area (Å²) >= 11 is 0. The first-order valence-corrected chi connectivity index (χ1v) is 4.66. The molecule has 0 saturated carbocycles. The molecule has 0 N–H and O–H groups in total. The summed E-state index contributed by atoms with van der Waals surface area (Å²) < 4.78 is 0. The maximum atomic E-state index is 11.3. The van der Waals surface area contributed by atoms with Crippen molar-refractivity contribution in [3.63, 3.8) is 0 Å². The quantitative estimate of drug-likeness (QED) is 0.598. The van der Waals surface area contributed by atoms with Crippen molar-refractivity contribution in [2.24, 2.45) is 11.8 Å². The average Bonchev–Trinajstić information content (AvgIpc) is 1.98. The van der Waals surface area contributed by atoms with E-state index in [4.69, 9.17) is 0 Å². The highest BCUT2D eigenvalue weighted by Crippen LogP contribution is 2.19. The third kappa shape index (κ3) is 3.54. The van der Waals surface area contributed by atoms with Gasteiger partial charge >= 0.3 is 0 Å². The van der Waals surface area contributed by atoms with E-state index in [9.17, 15) is 4.79 Å². The molecule has 0 aliphatic heterocycles. The maximum absolute atomic E-state index is 11.3. The lowest BCUT2D eigenvalue weighted by Crippen LogP contribution is -2.19. The molecule has 11 heavy (non-hydrogen) atoms. The maximum Gasteiger partial charge on any atom is 0.135 e. The number of hydrogen-bond donors (Lipinski definition) is 0. The number of hydrogen-bond acceptors (Lipinski definition) is 1. The summed E-state index contributed by atoms with van der Waals surface area (Å²) in [7, 11) is 0. The molecule has 0 aliphatic carbocycles. The van der Waals surface area contributed by atoms with Gasteiger partial charge in [-0.15, -0.1) is 0 Å². The number of ketones is 1. The molecule has 0 heterocycles. The molecule has 0 spiro atoms. The first kappa shape index (κ1) is 10.7. The zero-order valence-electron chi connectivity index (χ0n) is 8.18. The third-order valence-electron chi connectivity index (χ3n) is 2.17. The van der Waals surface area contributed by atoms with Crippen LogP contribution < -0.4 is 0 Å². The number of Topliss-reactive ketones (excluding diaryl/α,β-unsaturated/α-hetero) is 1. The Balaban J connectivity index is 3.98. The minimum Gasteiger partial charge on any atom is -0.299 e. The van der Waals surface area contributed by atoms with Crippen LogP contribution in [0.3, 0.4) is 0 Å². The smallest absolute Gasteiger partial charge is 0.135 e. The van der Waals surface area contributed by atoms with Gasteiger partial charge in [0.1, 0.15) is 5.78 Å². The van der Waals surface area contributed by atoms with E-state index >= 15 is 0 Å². The Bertz CT molecular complexity index is 116. The summed E-state index contributed by atoms with van der Waals surface area (Å²) in [5, 5.41) is 0. The largest absolute Gasteiger partial charge is 0.299 e. The van der Waals surface area contributed by atoms with Gasteiger partial charge in [0.05, 0.1) is 0 Å².